The second-order valence-corrected chi connectivity index (χ2v) is 5.82. The normalized spacial score (nSPS) is 17.9. The average molecular weight is 298 g/mol. The van der Waals surface area contributed by atoms with Gasteiger partial charge in [-0.15, -0.1) is 0 Å². The Kier molecular flexibility index (Phi) is 4.59. The first-order valence-corrected chi connectivity index (χ1v) is 7.88. The van der Waals surface area contributed by atoms with Gasteiger partial charge in [0.1, 0.15) is 5.75 Å². The Bertz CT molecular complexity index is 651. The zero-order chi connectivity index (χ0) is 15.4. The maximum atomic E-state index is 12.0. The van der Waals surface area contributed by atoms with Gasteiger partial charge in [0.25, 0.3) is 0 Å². The highest BCUT2D eigenvalue weighted by Crippen LogP contribution is 2.25. The standard InChI is InChI=1S/C18H22N2O2/c19-15-10-11-20(13-15)18(21)9-4-12-22-17-8-3-6-14-5-1-2-7-16(14)17/h1-3,5-8,15H,4,9-13,19H2/t15-/m1/s1. The van der Waals surface area contributed by atoms with E-state index in [4.69, 9.17) is 10.5 Å². The van der Waals surface area contributed by atoms with Gasteiger partial charge < -0.3 is 15.4 Å². The van der Waals surface area contributed by atoms with Crippen LogP contribution in [0, 0.1) is 0 Å². The lowest BCUT2D eigenvalue weighted by Crippen LogP contribution is -2.31. The van der Waals surface area contributed by atoms with Gasteiger partial charge in [-0.3, -0.25) is 4.79 Å². The van der Waals surface area contributed by atoms with Crippen LogP contribution in [0.4, 0.5) is 0 Å². The quantitative estimate of drug-likeness (QED) is 0.863. The first-order valence-electron chi connectivity index (χ1n) is 7.88. The molecule has 0 saturated carbocycles. The molecule has 3 rings (SSSR count). The van der Waals surface area contributed by atoms with Crippen molar-refractivity contribution in [1.82, 2.24) is 4.90 Å². The van der Waals surface area contributed by atoms with Crippen molar-refractivity contribution in [2.75, 3.05) is 19.7 Å². The largest absolute Gasteiger partial charge is 0.493 e. The van der Waals surface area contributed by atoms with Crippen LogP contribution in [0.15, 0.2) is 42.5 Å². The number of nitrogens with zero attached hydrogens (tertiary/aromatic N) is 1. The van der Waals surface area contributed by atoms with Crippen LogP contribution in [0.3, 0.4) is 0 Å². The van der Waals surface area contributed by atoms with E-state index in [1.807, 2.05) is 29.2 Å². The summed E-state index contributed by atoms with van der Waals surface area (Å²) in [6, 6.07) is 14.3. The molecular formula is C18H22N2O2. The van der Waals surface area contributed by atoms with Gasteiger partial charge in [0.15, 0.2) is 0 Å². The fraction of sp³-hybridized carbons (Fsp3) is 0.389. The fourth-order valence-electron chi connectivity index (χ4n) is 2.90. The highest BCUT2D eigenvalue weighted by molar-refractivity contribution is 5.88. The van der Waals surface area contributed by atoms with Gasteiger partial charge in [-0.25, -0.2) is 0 Å². The molecule has 4 heteroatoms. The zero-order valence-electron chi connectivity index (χ0n) is 12.7. The van der Waals surface area contributed by atoms with E-state index < -0.39 is 0 Å². The van der Waals surface area contributed by atoms with E-state index in [-0.39, 0.29) is 11.9 Å². The summed E-state index contributed by atoms with van der Waals surface area (Å²) in [5.74, 6) is 1.07. The molecule has 116 valence electrons. The van der Waals surface area contributed by atoms with Crippen molar-refractivity contribution < 1.29 is 9.53 Å². The van der Waals surface area contributed by atoms with Crippen molar-refractivity contribution in [1.29, 1.82) is 0 Å². The minimum atomic E-state index is 0.149. The predicted octanol–water partition coefficient (Wildman–Crippen LogP) is 2.56. The third kappa shape index (κ3) is 3.39. The van der Waals surface area contributed by atoms with Crippen molar-refractivity contribution in [2.24, 2.45) is 5.73 Å². The Morgan fingerprint density at radius 1 is 1.23 bits per heavy atom. The molecule has 4 nitrogen and oxygen atoms in total. The SMILES string of the molecule is N[C@@H]1CCN(C(=O)CCCOc2cccc3ccccc23)C1. The van der Waals surface area contributed by atoms with Crippen LogP contribution in [0.5, 0.6) is 5.75 Å². The first-order chi connectivity index (χ1) is 10.7. The Morgan fingerprint density at radius 3 is 2.86 bits per heavy atom. The molecular weight excluding hydrogens is 276 g/mol. The van der Waals surface area contributed by atoms with Crippen molar-refractivity contribution in [2.45, 2.75) is 25.3 Å². The molecule has 0 bridgehead atoms. The number of hydrogen-bond donors (Lipinski definition) is 1. The number of carbonyl (C=O) groups excluding carboxylic acids is 1. The molecule has 1 atom stereocenters. The fourth-order valence-corrected chi connectivity index (χ4v) is 2.90. The molecule has 1 aliphatic rings. The number of benzene rings is 2. The summed E-state index contributed by atoms with van der Waals surface area (Å²) < 4.78 is 5.86. The average Bonchev–Trinajstić information content (AvgIpc) is 2.98. The zero-order valence-corrected chi connectivity index (χ0v) is 12.7. The van der Waals surface area contributed by atoms with Gasteiger partial charge in [0.2, 0.25) is 5.91 Å². The molecule has 2 N–H and O–H groups in total. The van der Waals surface area contributed by atoms with Crippen LogP contribution >= 0.6 is 0 Å². The third-order valence-electron chi connectivity index (χ3n) is 4.12. The Labute approximate surface area is 130 Å². The molecule has 0 aliphatic carbocycles. The summed E-state index contributed by atoms with van der Waals surface area (Å²) in [4.78, 5) is 13.9. The minimum Gasteiger partial charge on any atom is -0.493 e. The number of ether oxygens (including phenoxy) is 1. The van der Waals surface area contributed by atoms with E-state index >= 15 is 0 Å². The number of hydrogen-bond acceptors (Lipinski definition) is 3. The lowest BCUT2D eigenvalue weighted by molar-refractivity contribution is -0.130. The summed E-state index contributed by atoms with van der Waals surface area (Å²) in [6.07, 6.45) is 2.17. The van der Waals surface area contributed by atoms with Crippen LogP contribution < -0.4 is 10.5 Å². The third-order valence-corrected chi connectivity index (χ3v) is 4.12. The maximum Gasteiger partial charge on any atom is 0.222 e. The first kappa shape index (κ1) is 14.9. The highest BCUT2D eigenvalue weighted by Gasteiger charge is 2.22. The van der Waals surface area contributed by atoms with Gasteiger partial charge in [0.05, 0.1) is 6.61 Å². The number of carbonyl (C=O) groups is 1. The number of rotatable bonds is 5. The summed E-state index contributed by atoms with van der Waals surface area (Å²) in [6.45, 7) is 2.05. The second-order valence-electron chi connectivity index (χ2n) is 5.82. The van der Waals surface area contributed by atoms with Gasteiger partial charge in [-0.05, 0) is 24.3 Å². The highest BCUT2D eigenvalue weighted by atomic mass is 16.5. The molecule has 1 amide bonds. The van der Waals surface area contributed by atoms with E-state index in [2.05, 4.69) is 18.2 Å². The van der Waals surface area contributed by atoms with Gasteiger partial charge in [-0.2, -0.15) is 0 Å². The topological polar surface area (TPSA) is 55.6 Å². The molecule has 1 fully saturated rings. The molecule has 1 aliphatic heterocycles. The number of fused-ring (bicyclic) bond motifs is 1. The summed E-state index contributed by atoms with van der Waals surface area (Å²) >= 11 is 0. The monoisotopic (exact) mass is 298 g/mol. The molecule has 1 saturated heterocycles. The molecule has 22 heavy (non-hydrogen) atoms. The van der Waals surface area contributed by atoms with Crippen LogP contribution in [0.2, 0.25) is 0 Å². The molecule has 2 aromatic rings. The van der Waals surface area contributed by atoms with Crippen LogP contribution in [0.1, 0.15) is 19.3 Å². The molecule has 0 aromatic heterocycles. The van der Waals surface area contributed by atoms with E-state index in [1.54, 1.807) is 0 Å². The lowest BCUT2D eigenvalue weighted by Gasteiger charge is -2.15. The van der Waals surface area contributed by atoms with E-state index in [0.29, 0.717) is 19.6 Å². The number of likely N-dealkylation sites (tertiary alicyclic amines) is 1. The molecule has 0 radical (unpaired) electrons. The van der Waals surface area contributed by atoms with Crippen LogP contribution in [0.25, 0.3) is 10.8 Å². The van der Waals surface area contributed by atoms with Crippen molar-refractivity contribution in [3.8, 4) is 5.75 Å². The van der Waals surface area contributed by atoms with E-state index in [1.165, 1.54) is 5.39 Å². The molecule has 2 aromatic carbocycles. The Morgan fingerprint density at radius 2 is 2.05 bits per heavy atom. The summed E-state index contributed by atoms with van der Waals surface area (Å²) in [5.41, 5.74) is 5.83. The molecule has 0 spiro atoms. The number of amides is 1. The minimum absolute atomic E-state index is 0.149. The van der Waals surface area contributed by atoms with Crippen LogP contribution in [-0.4, -0.2) is 36.5 Å². The lowest BCUT2D eigenvalue weighted by atomic mass is 10.1. The smallest absolute Gasteiger partial charge is 0.222 e. The van der Waals surface area contributed by atoms with Gasteiger partial charge in [0, 0.05) is 30.9 Å². The van der Waals surface area contributed by atoms with Gasteiger partial charge >= 0.3 is 0 Å². The van der Waals surface area contributed by atoms with E-state index in [9.17, 15) is 4.79 Å². The number of nitrogens with two attached hydrogens (primary N) is 1. The van der Waals surface area contributed by atoms with Crippen molar-refractivity contribution in [3.63, 3.8) is 0 Å². The molecule has 1 heterocycles. The van der Waals surface area contributed by atoms with Crippen molar-refractivity contribution in [3.05, 3.63) is 42.5 Å². The maximum absolute atomic E-state index is 12.0. The van der Waals surface area contributed by atoms with E-state index in [0.717, 1.165) is 30.5 Å². The second kappa shape index (κ2) is 6.79. The van der Waals surface area contributed by atoms with Crippen molar-refractivity contribution >= 4 is 16.7 Å². The Hall–Kier alpha value is -2.07. The van der Waals surface area contributed by atoms with Crippen LogP contribution in [-0.2, 0) is 4.79 Å². The predicted molar refractivity (Wildman–Crippen MR) is 87.8 cm³/mol. The molecule has 0 unspecified atom stereocenters. The van der Waals surface area contributed by atoms with Gasteiger partial charge in [-0.1, -0.05) is 36.4 Å². The summed E-state index contributed by atoms with van der Waals surface area (Å²) in [5, 5.41) is 2.28. The Balaban J connectivity index is 1.49. The summed E-state index contributed by atoms with van der Waals surface area (Å²) in [7, 11) is 0.